The maximum atomic E-state index is 15.8. The van der Waals surface area contributed by atoms with Crippen molar-refractivity contribution in [1.82, 2.24) is 14.8 Å². The summed E-state index contributed by atoms with van der Waals surface area (Å²) >= 11 is 0. The van der Waals surface area contributed by atoms with Gasteiger partial charge in [-0.25, -0.2) is 17.6 Å². The molecule has 3 heterocycles. The van der Waals surface area contributed by atoms with E-state index < -0.39 is 48.9 Å². The highest BCUT2D eigenvalue weighted by Crippen LogP contribution is 2.44. The average Bonchev–Trinajstić information content (AvgIpc) is 3.23. The predicted octanol–water partition coefficient (Wildman–Crippen LogP) is 5.18. The normalized spacial score (nSPS) is 22.0. The minimum absolute atomic E-state index is 0.0790. The van der Waals surface area contributed by atoms with Crippen molar-refractivity contribution in [2.45, 2.75) is 57.2 Å². The lowest BCUT2D eigenvalue weighted by Gasteiger charge is -2.43. The summed E-state index contributed by atoms with van der Waals surface area (Å²) in [6, 6.07) is 8.85. The number of likely N-dealkylation sites (tertiary alicyclic amines) is 1. The van der Waals surface area contributed by atoms with Crippen molar-refractivity contribution in [2.24, 2.45) is 5.92 Å². The molecule has 3 N–H and O–H groups in total. The minimum Gasteiger partial charge on any atom is -0.390 e. The molecule has 5 nitrogen and oxygen atoms in total. The standard InChI is InChI=1S/C29H35F4N3O2/c1-3-4-11-35-13-18(14-35)28(38)21-10-9-20(24(30)25(21)31)27-26-22(19-7-5-6-8-23(19)34-26)12-17(2)36(27)15-29(32,33)16-37/h5-10,17-18,27-28,34,37-38H,3-4,11-16H2,1-2H3/t17-,27-,28-/m1/s1. The van der Waals surface area contributed by atoms with Crippen molar-refractivity contribution in [3.05, 3.63) is 70.4 Å². The Balaban J connectivity index is 1.52. The lowest BCUT2D eigenvalue weighted by Crippen LogP contribution is -2.50. The van der Waals surface area contributed by atoms with E-state index >= 15 is 8.78 Å². The number of unbranched alkanes of at least 4 members (excludes halogenated alkanes) is 1. The number of para-hydroxylation sites is 1. The van der Waals surface area contributed by atoms with Crippen LogP contribution in [0.15, 0.2) is 36.4 Å². The Labute approximate surface area is 220 Å². The fraction of sp³-hybridized carbons (Fsp3) is 0.517. The second kappa shape index (κ2) is 10.6. The number of aromatic nitrogens is 1. The molecular weight excluding hydrogens is 498 g/mol. The molecule has 2 aromatic carbocycles. The second-order valence-corrected chi connectivity index (χ2v) is 10.9. The molecule has 0 saturated carbocycles. The summed E-state index contributed by atoms with van der Waals surface area (Å²) in [5.74, 6) is -5.91. The monoisotopic (exact) mass is 533 g/mol. The lowest BCUT2D eigenvalue weighted by atomic mass is 9.85. The first-order chi connectivity index (χ1) is 18.1. The highest BCUT2D eigenvalue weighted by molar-refractivity contribution is 5.85. The van der Waals surface area contributed by atoms with Crippen LogP contribution in [0.1, 0.15) is 61.2 Å². The number of alkyl halides is 2. The van der Waals surface area contributed by atoms with Crippen LogP contribution in [0, 0.1) is 17.6 Å². The van der Waals surface area contributed by atoms with Gasteiger partial charge in [-0.1, -0.05) is 43.7 Å². The molecule has 0 bridgehead atoms. The molecule has 0 unspecified atom stereocenters. The molecule has 1 saturated heterocycles. The minimum atomic E-state index is -3.42. The zero-order chi connectivity index (χ0) is 27.2. The van der Waals surface area contributed by atoms with Crippen LogP contribution in [0.2, 0.25) is 0 Å². The van der Waals surface area contributed by atoms with Crippen LogP contribution in [-0.4, -0.2) is 69.7 Å². The topological polar surface area (TPSA) is 62.7 Å². The van der Waals surface area contributed by atoms with Gasteiger partial charge in [0.25, 0.3) is 5.92 Å². The zero-order valence-corrected chi connectivity index (χ0v) is 21.7. The number of H-pyrrole nitrogens is 1. The van der Waals surface area contributed by atoms with E-state index in [-0.39, 0.29) is 17.0 Å². The van der Waals surface area contributed by atoms with Gasteiger partial charge < -0.3 is 20.1 Å². The summed E-state index contributed by atoms with van der Waals surface area (Å²) in [4.78, 5) is 6.88. The van der Waals surface area contributed by atoms with Crippen LogP contribution >= 0.6 is 0 Å². The number of aliphatic hydroxyl groups is 2. The summed E-state index contributed by atoms with van der Waals surface area (Å²) in [7, 11) is 0. The SMILES string of the molecule is CCCCN1CC([C@@H](O)c2ccc([C@@H]3c4[nH]c5ccccc5c4C[C@@H](C)N3CC(F)(F)CO)c(F)c2F)C1. The van der Waals surface area contributed by atoms with Crippen LogP contribution in [0.25, 0.3) is 10.9 Å². The molecule has 0 aliphatic carbocycles. The van der Waals surface area contributed by atoms with Crippen molar-refractivity contribution in [3.8, 4) is 0 Å². The molecule has 2 aliphatic heterocycles. The average molecular weight is 534 g/mol. The highest BCUT2D eigenvalue weighted by Gasteiger charge is 2.43. The number of nitrogens with one attached hydrogen (secondary N) is 1. The summed E-state index contributed by atoms with van der Waals surface area (Å²) in [6.45, 7) is 3.87. The van der Waals surface area contributed by atoms with Gasteiger partial charge in [-0.05, 0) is 37.9 Å². The number of benzene rings is 2. The Morgan fingerprint density at radius 3 is 2.55 bits per heavy atom. The van der Waals surface area contributed by atoms with E-state index in [9.17, 15) is 19.0 Å². The van der Waals surface area contributed by atoms with E-state index in [4.69, 9.17) is 0 Å². The third-order valence-electron chi connectivity index (χ3n) is 8.18. The second-order valence-electron chi connectivity index (χ2n) is 10.9. The Kier molecular flexibility index (Phi) is 7.57. The Bertz CT molecular complexity index is 1290. The first-order valence-electron chi connectivity index (χ1n) is 13.4. The molecule has 3 aromatic rings. The molecule has 0 spiro atoms. The molecule has 9 heteroatoms. The van der Waals surface area contributed by atoms with E-state index in [1.807, 2.05) is 24.3 Å². The summed E-state index contributed by atoms with van der Waals surface area (Å²) < 4.78 is 60.3. The quantitative estimate of drug-likeness (QED) is 0.332. The number of halogens is 4. The fourth-order valence-electron chi connectivity index (χ4n) is 6.05. The fourth-order valence-corrected chi connectivity index (χ4v) is 6.05. The largest absolute Gasteiger partial charge is 0.390 e. The van der Waals surface area contributed by atoms with Gasteiger partial charge in [-0.2, -0.15) is 0 Å². The molecule has 1 fully saturated rings. The summed E-state index contributed by atoms with van der Waals surface area (Å²) in [6.07, 6.45) is 1.39. The first kappa shape index (κ1) is 27.1. The predicted molar refractivity (Wildman–Crippen MR) is 138 cm³/mol. The maximum absolute atomic E-state index is 15.8. The number of rotatable bonds is 9. The molecule has 5 rings (SSSR count). The van der Waals surface area contributed by atoms with Gasteiger partial charge in [0.05, 0.1) is 18.7 Å². The van der Waals surface area contributed by atoms with Gasteiger partial charge in [0.1, 0.15) is 6.61 Å². The number of hydrogen-bond donors (Lipinski definition) is 3. The van der Waals surface area contributed by atoms with Gasteiger partial charge in [-0.3, -0.25) is 4.90 Å². The van der Waals surface area contributed by atoms with Gasteiger partial charge in [0.2, 0.25) is 0 Å². The number of fused-ring (bicyclic) bond motifs is 3. The van der Waals surface area contributed by atoms with Crippen molar-refractivity contribution >= 4 is 10.9 Å². The molecule has 3 atom stereocenters. The number of aliphatic hydroxyl groups excluding tert-OH is 2. The first-order valence-corrected chi connectivity index (χ1v) is 13.4. The smallest absolute Gasteiger partial charge is 0.283 e. The molecule has 2 aliphatic rings. The van der Waals surface area contributed by atoms with Crippen LogP contribution < -0.4 is 0 Å². The third-order valence-corrected chi connectivity index (χ3v) is 8.18. The molecule has 38 heavy (non-hydrogen) atoms. The molecular formula is C29H35F4N3O2. The van der Waals surface area contributed by atoms with E-state index in [2.05, 4.69) is 16.8 Å². The van der Waals surface area contributed by atoms with Gasteiger partial charge in [0.15, 0.2) is 11.6 Å². The van der Waals surface area contributed by atoms with E-state index in [0.717, 1.165) is 35.9 Å². The summed E-state index contributed by atoms with van der Waals surface area (Å²) in [5.41, 5.74) is 2.02. The highest BCUT2D eigenvalue weighted by atomic mass is 19.3. The number of nitrogens with zero attached hydrogens (tertiary/aromatic N) is 2. The molecule has 1 aromatic heterocycles. The Morgan fingerprint density at radius 2 is 1.84 bits per heavy atom. The van der Waals surface area contributed by atoms with Crippen LogP contribution in [-0.2, 0) is 6.42 Å². The molecule has 206 valence electrons. The van der Waals surface area contributed by atoms with Gasteiger partial charge in [0, 0.05) is 52.8 Å². The van der Waals surface area contributed by atoms with E-state index in [0.29, 0.717) is 25.2 Å². The molecule has 0 amide bonds. The van der Waals surface area contributed by atoms with E-state index in [1.165, 1.54) is 17.0 Å². The van der Waals surface area contributed by atoms with Gasteiger partial charge >= 0.3 is 0 Å². The molecule has 0 radical (unpaired) electrons. The van der Waals surface area contributed by atoms with Crippen LogP contribution in [0.4, 0.5) is 17.6 Å². The van der Waals surface area contributed by atoms with Crippen molar-refractivity contribution in [1.29, 1.82) is 0 Å². The Hall–Kier alpha value is -2.46. The van der Waals surface area contributed by atoms with Crippen molar-refractivity contribution in [2.75, 3.05) is 32.8 Å². The van der Waals surface area contributed by atoms with Crippen molar-refractivity contribution in [3.63, 3.8) is 0 Å². The van der Waals surface area contributed by atoms with Crippen LogP contribution in [0.3, 0.4) is 0 Å². The number of hydrogen-bond acceptors (Lipinski definition) is 4. The zero-order valence-electron chi connectivity index (χ0n) is 21.7. The maximum Gasteiger partial charge on any atom is 0.283 e. The third kappa shape index (κ3) is 4.85. The number of aromatic amines is 1. The van der Waals surface area contributed by atoms with E-state index in [1.54, 1.807) is 6.92 Å². The van der Waals surface area contributed by atoms with Crippen LogP contribution in [0.5, 0.6) is 0 Å². The van der Waals surface area contributed by atoms with Crippen molar-refractivity contribution < 1.29 is 27.8 Å². The summed E-state index contributed by atoms with van der Waals surface area (Å²) in [5, 5.41) is 21.0. The Morgan fingerprint density at radius 1 is 1.11 bits per heavy atom. The lowest BCUT2D eigenvalue weighted by molar-refractivity contribution is -0.0867. The van der Waals surface area contributed by atoms with Gasteiger partial charge in [-0.15, -0.1) is 0 Å².